The fourth-order valence-corrected chi connectivity index (χ4v) is 6.83. The fraction of sp³-hybridized carbons (Fsp3) is 0.0357. The van der Waals surface area contributed by atoms with E-state index in [9.17, 15) is 9.90 Å². The average molecular weight is 442 g/mol. The summed E-state index contributed by atoms with van der Waals surface area (Å²) in [5.74, 6) is 0.228. The monoisotopic (exact) mass is 442 g/mol. The minimum Gasteiger partial charge on any atom is -0.506 e. The number of phenolic OH excluding ortho intramolecular Hbond substituents is 1. The number of aromatic nitrogens is 1. The molecule has 154 valence electrons. The van der Waals surface area contributed by atoms with Gasteiger partial charge in [-0.3, -0.25) is 14.8 Å². The van der Waals surface area contributed by atoms with Gasteiger partial charge in [-0.1, -0.05) is 54.6 Å². The molecule has 0 unspecified atom stereocenters. The molecule has 2 aromatic heterocycles. The minimum absolute atomic E-state index is 0.0112. The lowest BCUT2D eigenvalue weighted by atomic mass is 9.85. The Labute approximate surface area is 191 Å². The molecule has 0 bridgehead atoms. The van der Waals surface area contributed by atoms with Crippen molar-refractivity contribution in [3.63, 3.8) is 0 Å². The van der Waals surface area contributed by atoms with Gasteiger partial charge in [-0.25, -0.2) is 0 Å². The van der Waals surface area contributed by atoms with Crippen LogP contribution in [0.2, 0.25) is 0 Å². The summed E-state index contributed by atoms with van der Waals surface area (Å²) in [6, 6.07) is 19.9. The molecule has 1 aliphatic carbocycles. The van der Waals surface area contributed by atoms with Gasteiger partial charge in [-0.2, -0.15) is 0 Å². The Bertz CT molecular complexity index is 1930. The van der Waals surface area contributed by atoms with Crippen LogP contribution in [0.3, 0.4) is 0 Å². The molecule has 6 aromatic rings. The van der Waals surface area contributed by atoms with Gasteiger partial charge >= 0.3 is 0 Å². The molecule has 0 saturated carbocycles. The van der Waals surface area contributed by atoms with Gasteiger partial charge in [0.05, 0.1) is 38.3 Å². The number of benzene rings is 4. The molecule has 0 fully saturated rings. The summed E-state index contributed by atoms with van der Waals surface area (Å²) in [5, 5.41) is 17.0. The number of hydrogen-bond donors (Lipinski definition) is 1. The second kappa shape index (κ2) is 5.82. The Morgan fingerprint density at radius 2 is 1.70 bits per heavy atom. The zero-order chi connectivity index (χ0) is 21.8. The molecule has 8 rings (SSSR count). The van der Waals surface area contributed by atoms with Crippen molar-refractivity contribution in [1.29, 1.82) is 0 Å². The lowest BCUT2D eigenvalue weighted by Gasteiger charge is -2.19. The number of carbonyl (C=O) groups excluding carboxylic acids is 1. The summed E-state index contributed by atoms with van der Waals surface area (Å²) in [6.45, 7) is 0.577. The van der Waals surface area contributed by atoms with Gasteiger partial charge in [0.1, 0.15) is 5.75 Å². The largest absolute Gasteiger partial charge is 0.506 e. The van der Waals surface area contributed by atoms with Crippen LogP contribution in [0.25, 0.3) is 53.3 Å². The number of ketones is 1. The molecule has 1 aliphatic heterocycles. The molecule has 4 aromatic carbocycles. The van der Waals surface area contributed by atoms with Crippen LogP contribution >= 0.6 is 11.3 Å². The van der Waals surface area contributed by atoms with Gasteiger partial charge in [-0.15, -0.1) is 11.3 Å². The predicted molar refractivity (Wildman–Crippen MR) is 131 cm³/mol. The van der Waals surface area contributed by atoms with Crippen molar-refractivity contribution in [2.75, 3.05) is 0 Å². The highest BCUT2D eigenvalue weighted by molar-refractivity contribution is 7.24. The van der Waals surface area contributed by atoms with Crippen LogP contribution in [-0.4, -0.2) is 15.9 Å². The molecule has 33 heavy (non-hydrogen) atoms. The molecule has 0 atom stereocenters. The number of hydrogen-bond acceptors (Lipinski definition) is 5. The van der Waals surface area contributed by atoms with E-state index in [1.54, 1.807) is 0 Å². The highest BCUT2D eigenvalue weighted by Crippen LogP contribution is 2.52. The van der Waals surface area contributed by atoms with Crippen LogP contribution < -0.4 is 5.36 Å². The Hall–Kier alpha value is -4.09. The summed E-state index contributed by atoms with van der Waals surface area (Å²) in [7, 11) is 0. The number of nitrogens with zero attached hydrogens (tertiary/aromatic N) is 2. The van der Waals surface area contributed by atoms with Gasteiger partial charge in [0, 0.05) is 33.3 Å². The first kappa shape index (κ1) is 17.5. The first-order valence-electron chi connectivity index (χ1n) is 10.8. The second-order valence-electron chi connectivity index (χ2n) is 8.61. The van der Waals surface area contributed by atoms with Crippen LogP contribution in [0.5, 0.6) is 5.75 Å². The van der Waals surface area contributed by atoms with Crippen molar-refractivity contribution in [2.45, 2.75) is 6.54 Å². The number of rotatable bonds is 0. The molecule has 2 aliphatic rings. The van der Waals surface area contributed by atoms with Gasteiger partial charge in [-0.05, 0) is 22.6 Å². The lowest BCUT2D eigenvalue weighted by Crippen LogP contribution is -2.15. The quantitative estimate of drug-likeness (QED) is 0.312. The predicted octanol–water partition coefficient (Wildman–Crippen LogP) is 6.04. The van der Waals surface area contributed by atoms with E-state index >= 15 is 0 Å². The first-order chi connectivity index (χ1) is 16.2. The van der Waals surface area contributed by atoms with Crippen molar-refractivity contribution in [3.05, 3.63) is 88.9 Å². The smallest absolute Gasteiger partial charge is 0.196 e. The Morgan fingerprint density at radius 3 is 2.64 bits per heavy atom. The fourth-order valence-electron chi connectivity index (χ4n) is 5.54. The van der Waals surface area contributed by atoms with Crippen molar-refractivity contribution < 1.29 is 9.90 Å². The van der Waals surface area contributed by atoms with E-state index in [4.69, 9.17) is 9.98 Å². The lowest BCUT2D eigenvalue weighted by molar-refractivity contribution is 0.104. The summed E-state index contributed by atoms with van der Waals surface area (Å²) in [5.41, 5.74) is 4.93. The molecule has 1 N–H and O–H groups in total. The van der Waals surface area contributed by atoms with Gasteiger partial charge < -0.3 is 5.11 Å². The van der Waals surface area contributed by atoms with Crippen molar-refractivity contribution >= 4 is 48.8 Å². The summed E-state index contributed by atoms with van der Waals surface area (Å²) < 4.78 is 0.790. The maximum Gasteiger partial charge on any atom is 0.196 e. The maximum atomic E-state index is 13.7. The van der Waals surface area contributed by atoms with E-state index in [0.717, 1.165) is 58.6 Å². The van der Waals surface area contributed by atoms with Gasteiger partial charge in [0.15, 0.2) is 5.78 Å². The minimum atomic E-state index is -0.0112. The maximum absolute atomic E-state index is 13.7. The molecule has 4 nitrogen and oxygen atoms in total. The van der Waals surface area contributed by atoms with E-state index in [1.807, 2.05) is 60.8 Å². The van der Waals surface area contributed by atoms with Crippen LogP contribution in [0.1, 0.15) is 21.5 Å². The van der Waals surface area contributed by atoms with E-state index < -0.39 is 0 Å². The zero-order valence-electron chi connectivity index (χ0n) is 17.2. The number of phenols is 1. The standard InChI is InChI=1S/C28H14N2O2S/c31-25-18-10-9-17-19-20(18)27(24-22(25)16-8-4-2-6-14(16)12-30-24)33-28(19)26(32)21-15-7-3-1-5-13(15)11-29-23(17)21/h1-10,12,32H,11H2. The Kier molecular flexibility index (Phi) is 3.08. The number of pyridine rings is 1. The van der Waals surface area contributed by atoms with E-state index in [0.29, 0.717) is 23.4 Å². The number of carbonyl (C=O) groups is 1. The van der Waals surface area contributed by atoms with Crippen LogP contribution in [0, 0.1) is 0 Å². The summed E-state index contributed by atoms with van der Waals surface area (Å²) in [6.07, 6.45) is 1.83. The van der Waals surface area contributed by atoms with Crippen LogP contribution in [0.15, 0.2) is 71.9 Å². The van der Waals surface area contributed by atoms with Crippen LogP contribution in [0.4, 0.5) is 0 Å². The van der Waals surface area contributed by atoms with Gasteiger partial charge in [0.25, 0.3) is 0 Å². The van der Waals surface area contributed by atoms with Crippen molar-refractivity contribution in [1.82, 2.24) is 4.98 Å². The van der Waals surface area contributed by atoms with Crippen LogP contribution in [-0.2, 0) is 6.54 Å². The summed E-state index contributed by atoms with van der Waals surface area (Å²) >= 11 is 1.52. The van der Waals surface area contributed by atoms with Crippen molar-refractivity contribution in [2.24, 2.45) is 4.99 Å². The topological polar surface area (TPSA) is 62.5 Å². The molecule has 0 spiro atoms. The number of fused-ring (bicyclic) bond motifs is 8. The highest BCUT2D eigenvalue weighted by atomic mass is 32.1. The normalized spacial score (nSPS) is 13.8. The highest BCUT2D eigenvalue weighted by Gasteiger charge is 2.33. The summed E-state index contributed by atoms with van der Waals surface area (Å²) in [4.78, 5) is 24.3. The van der Waals surface area contributed by atoms with E-state index in [2.05, 4.69) is 6.07 Å². The Balaban J connectivity index is 1.58. The molecule has 0 amide bonds. The van der Waals surface area contributed by atoms with Gasteiger partial charge in [0.2, 0.25) is 0 Å². The third kappa shape index (κ3) is 2.00. The second-order valence-corrected chi connectivity index (χ2v) is 9.64. The van der Waals surface area contributed by atoms with E-state index in [-0.39, 0.29) is 11.5 Å². The molecular weight excluding hydrogens is 428 g/mol. The molecule has 5 heteroatoms. The molecule has 3 heterocycles. The van der Waals surface area contributed by atoms with E-state index in [1.165, 1.54) is 11.3 Å². The van der Waals surface area contributed by atoms with Crippen molar-refractivity contribution in [3.8, 4) is 27.4 Å². The zero-order valence-corrected chi connectivity index (χ0v) is 18.0. The third-order valence-electron chi connectivity index (χ3n) is 6.99. The Morgan fingerprint density at radius 1 is 0.848 bits per heavy atom. The average Bonchev–Trinajstić information content (AvgIpc) is 3.27. The SMILES string of the molecule is O=C1c2c(ncc3ccccc23)-c2sc3c(O)c4c(c5ccc1c2c35)=NCc1ccccc1-4. The molecular formula is C28H14N2O2S. The third-order valence-corrected chi connectivity index (χ3v) is 8.19. The first-order valence-corrected chi connectivity index (χ1v) is 11.6. The molecule has 0 radical (unpaired) electrons. The molecule has 0 saturated heterocycles. The number of aromatic hydroxyl groups is 1. The number of thiophene rings is 1.